The second-order valence-electron chi connectivity index (χ2n) is 7.29. The largest absolute Gasteiger partial charge is 0.478 e. The lowest BCUT2D eigenvalue weighted by molar-refractivity contribution is 0.0567. The molecule has 0 saturated heterocycles. The van der Waals surface area contributed by atoms with Gasteiger partial charge in [0.25, 0.3) is 0 Å². The maximum atomic E-state index is 12.9. The number of aryl methyl sites for hydroxylation is 1. The highest BCUT2D eigenvalue weighted by molar-refractivity contribution is 7.10. The standard InChI is InChI=1S/C21H21NO3S/c1-13-9-17-16(11-22(12-24-17)14-5-2-3-6-14)21-19(13)20(23)18(25-21)10-15-7-4-8-26-15/h4,7-10,14H,2-3,5-6,11-12H2,1H3/b18-10-. The van der Waals surface area contributed by atoms with Gasteiger partial charge in [0.05, 0.1) is 11.1 Å². The van der Waals surface area contributed by atoms with Gasteiger partial charge in [-0.1, -0.05) is 18.9 Å². The normalized spacial score (nSPS) is 21.6. The maximum Gasteiger partial charge on any atom is 0.232 e. The summed E-state index contributed by atoms with van der Waals surface area (Å²) < 4.78 is 12.1. The van der Waals surface area contributed by atoms with Crippen LogP contribution in [0, 0.1) is 6.92 Å². The van der Waals surface area contributed by atoms with Crippen LogP contribution in [0.5, 0.6) is 11.5 Å². The molecule has 4 nitrogen and oxygen atoms in total. The molecule has 0 spiro atoms. The van der Waals surface area contributed by atoms with Gasteiger partial charge in [-0.05, 0) is 42.8 Å². The molecule has 0 atom stereocenters. The van der Waals surface area contributed by atoms with Crippen LogP contribution in [0.1, 0.15) is 52.0 Å². The monoisotopic (exact) mass is 367 g/mol. The number of fused-ring (bicyclic) bond motifs is 3. The lowest BCUT2D eigenvalue weighted by Gasteiger charge is -2.34. The second-order valence-corrected chi connectivity index (χ2v) is 8.27. The molecule has 134 valence electrons. The summed E-state index contributed by atoms with van der Waals surface area (Å²) in [5, 5.41) is 2.00. The summed E-state index contributed by atoms with van der Waals surface area (Å²) >= 11 is 1.60. The summed E-state index contributed by atoms with van der Waals surface area (Å²) in [6, 6.07) is 6.54. The molecule has 0 unspecified atom stereocenters. The number of ketones is 1. The Labute approximate surface area is 157 Å². The molecule has 0 N–H and O–H groups in total. The summed E-state index contributed by atoms with van der Waals surface area (Å²) in [4.78, 5) is 16.3. The number of benzene rings is 1. The summed E-state index contributed by atoms with van der Waals surface area (Å²) in [6.45, 7) is 3.38. The summed E-state index contributed by atoms with van der Waals surface area (Å²) in [6.07, 6.45) is 6.90. The van der Waals surface area contributed by atoms with E-state index in [1.54, 1.807) is 11.3 Å². The van der Waals surface area contributed by atoms with Gasteiger partial charge in [-0.3, -0.25) is 9.69 Å². The van der Waals surface area contributed by atoms with Gasteiger partial charge in [-0.15, -0.1) is 11.3 Å². The number of hydrogen-bond acceptors (Lipinski definition) is 5. The van der Waals surface area contributed by atoms with Crippen LogP contribution >= 0.6 is 11.3 Å². The molecular formula is C21H21NO3S. The van der Waals surface area contributed by atoms with Crippen molar-refractivity contribution in [2.24, 2.45) is 0 Å². The SMILES string of the molecule is Cc1cc2c(c3c1C(=O)/C(=C/c1cccs1)O3)CN(C1CCCC1)CO2. The Hall–Kier alpha value is -2.11. The number of carbonyl (C=O) groups excluding carboxylic acids is 1. The lowest BCUT2D eigenvalue weighted by Crippen LogP contribution is -2.39. The molecule has 5 rings (SSSR count). The quantitative estimate of drug-likeness (QED) is 0.717. The van der Waals surface area contributed by atoms with Crippen molar-refractivity contribution >= 4 is 23.2 Å². The molecule has 3 heterocycles. The zero-order chi connectivity index (χ0) is 17.7. The Balaban J connectivity index is 1.53. The van der Waals surface area contributed by atoms with Gasteiger partial charge in [0.15, 0.2) is 5.76 Å². The molecule has 2 aromatic rings. The highest BCUT2D eigenvalue weighted by Gasteiger charge is 2.36. The van der Waals surface area contributed by atoms with Crippen LogP contribution in [0.15, 0.2) is 29.3 Å². The summed E-state index contributed by atoms with van der Waals surface area (Å²) in [5.74, 6) is 1.96. The van der Waals surface area contributed by atoms with Gasteiger partial charge in [-0.25, -0.2) is 0 Å². The molecule has 0 radical (unpaired) electrons. The molecule has 0 bridgehead atoms. The van der Waals surface area contributed by atoms with Crippen molar-refractivity contribution in [2.45, 2.75) is 45.2 Å². The van der Waals surface area contributed by atoms with Crippen LogP contribution in [0.2, 0.25) is 0 Å². The Morgan fingerprint density at radius 1 is 1.31 bits per heavy atom. The zero-order valence-electron chi connectivity index (χ0n) is 14.8. The minimum absolute atomic E-state index is 0.0216. The Morgan fingerprint density at radius 3 is 2.92 bits per heavy atom. The number of Topliss-reactive ketones (excluding diaryl/α,β-unsaturated/α-hetero) is 1. The van der Waals surface area contributed by atoms with Crippen molar-refractivity contribution in [3.63, 3.8) is 0 Å². The van der Waals surface area contributed by atoms with E-state index in [-0.39, 0.29) is 5.78 Å². The second kappa shape index (κ2) is 6.25. The van der Waals surface area contributed by atoms with E-state index in [9.17, 15) is 4.79 Å². The number of rotatable bonds is 2. The molecule has 1 aliphatic carbocycles. The lowest BCUT2D eigenvalue weighted by atomic mass is 9.98. The third kappa shape index (κ3) is 2.58. The molecular weight excluding hydrogens is 346 g/mol. The molecule has 2 aliphatic heterocycles. The van der Waals surface area contributed by atoms with Crippen LogP contribution < -0.4 is 9.47 Å². The van der Waals surface area contributed by atoms with Gasteiger partial charge < -0.3 is 9.47 Å². The molecule has 3 aliphatic rings. The van der Waals surface area contributed by atoms with Crippen LogP contribution in [0.3, 0.4) is 0 Å². The van der Waals surface area contributed by atoms with Crippen molar-refractivity contribution in [2.75, 3.05) is 6.73 Å². The number of thiophene rings is 1. The van der Waals surface area contributed by atoms with E-state index >= 15 is 0 Å². The van der Waals surface area contributed by atoms with Crippen molar-refractivity contribution in [1.82, 2.24) is 4.90 Å². The van der Waals surface area contributed by atoms with E-state index in [1.807, 2.05) is 36.6 Å². The van der Waals surface area contributed by atoms with Crippen LogP contribution in [-0.2, 0) is 6.54 Å². The van der Waals surface area contributed by atoms with Crippen molar-refractivity contribution < 1.29 is 14.3 Å². The van der Waals surface area contributed by atoms with Crippen LogP contribution in [-0.4, -0.2) is 23.5 Å². The fourth-order valence-corrected chi connectivity index (χ4v) is 4.90. The first-order valence-corrected chi connectivity index (χ1v) is 10.1. The van der Waals surface area contributed by atoms with Crippen molar-refractivity contribution in [3.05, 3.63) is 50.9 Å². The van der Waals surface area contributed by atoms with E-state index in [1.165, 1.54) is 25.7 Å². The number of nitrogens with zero attached hydrogens (tertiary/aromatic N) is 1. The number of allylic oxidation sites excluding steroid dienone is 1. The summed E-state index contributed by atoms with van der Waals surface area (Å²) in [5.41, 5.74) is 2.64. The van der Waals surface area contributed by atoms with Gasteiger partial charge in [0.2, 0.25) is 5.78 Å². The Morgan fingerprint density at radius 2 is 2.15 bits per heavy atom. The van der Waals surface area contributed by atoms with Crippen molar-refractivity contribution in [1.29, 1.82) is 0 Å². The highest BCUT2D eigenvalue weighted by Crippen LogP contribution is 2.45. The predicted molar refractivity (Wildman–Crippen MR) is 102 cm³/mol. The molecule has 1 fully saturated rings. The average Bonchev–Trinajstić information content (AvgIpc) is 3.38. The Bertz CT molecular complexity index is 894. The van der Waals surface area contributed by atoms with Gasteiger partial charge in [0, 0.05) is 23.5 Å². The smallest absolute Gasteiger partial charge is 0.232 e. The number of ether oxygens (including phenoxy) is 2. The zero-order valence-corrected chi connectivity index (χ0v) is 15.6. The number of carbonyl (C=O) groups is 1. The molecule has 0 amide bonds. The average molecular weight is 367 g/mol. The first-order chi connectivity index (χ1) is 12.7. The Kier molecular flexibility index (Phi) is 3.87. The molecule has 5 heteroatoms. The minimum atomic E-state index is -0.0216. The molecule has 1 aromatic heterocycles. The van der Waals surface area contributed by atoms with E-state index in [4.69, 9.17) is 9.47 Å². The molecule has 1 saturated carbocycles. The van der Waals surface area contributed by atoms with E-state index < -0.39 is 0 Å². The van der Waals surface area contributed by atoms with E-state index in [2.05, 4.69) is 4.90 Å². The fourth-order valence-electron chi connectivity index (χ4n) is 4.25. The third-order valence-corrected chi connectivity index (χ3v) is 6.43. The maximum absolute atomic E-state index is 12.9. The summed E-state index contributed by atoms with van der Waals surface area (Å²) in [7, 11) is 0. The van der Waals surface area contributed by atoms with E-state index in [0.717, 1.165) is 28.3 Å². The topological polar surface area (TPSA) is 38.8 Å². The highest BCUT2D eigenvalue weighted by atomic mass is 32.1. The number of hydrogen-bond donors (Lipinski definition) is 0. The minimum Gasteiger partial charge on any atom is -0.478 e. The van der Waals surface area contributed by atoms with E-state index in [0.29, 0.717) is 29.8 Å². The first-order valence-electron chi connectivity index (χ1n) is 9.22. The molecule has 26 heavy (non-hydrogen) atoms. The first kappa shape index (κ1) is 16.1. The van der Waals surface area contributed by atoms with Gasteiger partial charge in [-0.2, -0.15) is 0 Å². The van der Waals surface area contributed by atoms with Gasteiger partial charge in [0.1, 0.15) is 18.2 Å². The fraction of sp³-hybridized carbons (Fsp3) is 0.381. The van der Waals surface area contributed by atoms with Crippen LogP contribution in [0.25, 0.3) is 6.08 Å². The van der Waals surface area contributed by atoms with Crippen molar-refractivity contribution in [3.8, 4) is 11.5 Å². The molecule has 1 aromatic carbocycles. The van der Waals surface area contributed by atoms with Crippen LogP contribution in [0.4, 0.5) is 0 Å². The van der Waals surface area contributed by atoms with Gasteiger partial charge >= 0.3 is 0 Å². The third-order valence-electron chi connectivity index (χ3n) is 5.61. The predicted octanol–water partition coefficient (Wildman–Crippen LogP) is 4.77.